The number of aromatic nitrogens is 3. The van der Waals surface area contributed by atoms with Crippen molar-refractivity contribution in [3.05, 3.63) is 36.4 Å². The van der Waals surface area contributed by atoms with Crippen molar-refractivity contribution in [1.29, 1.82) is 5.26 Å². The lowest BCUT2D eigenvalue weighted by Gasteiger charge is -2.20. The van der Waals surface area contributed by atoms with Gasteiger partial charge in [0.1, 0.15) is 18.9 Å². The highest BCUT2D eigenvalue weighted by Gasteiger charge is 2.25. The number of anilines is 1. The van der Waals surface area contributed by atoms with E-state index in [0.717, 1.165) is 25.7 Å². The fraction of sp³-hybridized carbons (Fsp3) is 0.412. The Morgan fingerprint density at radius 2 is 1.81 bits per heavy atom. The van der Waals surface area contributed by atoms with Gasteiger partial charge in [0.25, 0.3) is 0 Å². The van der Waals surface area contributed by atoms with Gasteiger partial charge < -0.3 is 5.32 Å². The lowest BCUT2D eigenvalue weighted by atomic mass is 10.2. The lowest BCUT2D eigenvalue weighted by Crippen LogP contribution is -2.31. The second kappa shape index (κ2) is 8.28. The van der Waals surface area contributed by atoms with Crippen LogP contribution in [-0.4, -0.2) is 46.5 Å². The molecule has 1 fully saturated rings. The Bertz CT molecular complexity index is 938. The molecular formula is C17H20N6O3S. The van der Waals surface area contributed by atoms with Crippen LogP contribution in [-0.2, 0) is 21.4 Å². The standard InChI is InChI=1S/C17H20N6O3S/c18-11-16-21-19-13-22(16)12-17(24)20-14-5-7-15(8-6-14)27(25,26)23-9-3-1-2-4-10-23/h5-8,13H,1-4,9-10,12H2,(H,20,24). The fourth-order valence-electron chi connectivity index (χ4n) is 2.95. The number of nitrogens with one attached hydrogen (secondary N) is 1. The molecule has 142 valence electrons. The van der Waals surface area contributed by atoms with Gasteiger partial charge in [0, 0.05) is 18.8 Å². The number of hydrogen-bond donors (Lipinski definition) is 1. The molecule has 1 aliphatic rings. The highest BCUT2D eigenvalue weighted by Crippen LogP contribution is 2.21. The summed E-state index contributed by atoms with van der Waals surface area (Å²) in [6.45, 7) is 0.978. The maximum absolute atomic E-state index is 12.7. The van der Waals surface area contributed by atoms with E-state index in [1.54, 1.807) is 12.1 Å². The third-order valence-electron chi connectivity index (χ3n) is 4.37. The quantitative estimate of drug-likeness (QED) is 0.825. The van der Waals surface area contributed by atoms with E-state index < -0.39 is 10.0 Å². The molecule has 2 heterocycles. The Morgan fingerprint density at radius 1 is 1.15 bits per heavy atom. The topological polar surface area (TPSA) is 121 Å². The summed E-state index contributed by atoms with van der Waals surface area (Å²) >= 11 is 0. The molecule has 1 aromatic carbocycles. The van der Waals surface area contributed by atoms with Gasteiger partial charge in [-0.25, -0.2) is 8.42 Å². The predicted octanol–water partition coefficient (Wildman–Crippen LogP) is 1.35. The van der Waals surface area contributed by atoms with Crippen LogP contribution in [0.25, 0.3) is 0 Å². The van der Waals surface area contributed by atoms with Gasteiger partial charge >= 0.3 is 0 Å². The van der Waals surface area contributed by atoms with E-state index in [1.165, 1.54) is 27.3 Å². The normalized spacial score (nSPS) is 15.7. The predicted molar refractivity (Wildman–Crippen MR) is 97.0 cm³/mol. The summed E-state index contributed by atoms with van der Waals surface area (Å²) in [7, 11) is -3.52. The third-order valence-corrected chi connectivity index (χ3v) is 6.28. The van der Waals surface area contributed by atoms with Gasteiger partial charge in [-0.15, -0.1) is 10.2 Å². The fourth-order valence-corrected chi connectivity index (χ4v) is 4.47. The smallest absolute Gasteiger partial charge is 0.244 e. The van der Waals surface area contributed by atoms with Crippen molar-refractivity contribution >= 4 is 21.6 Å². The van der Waals surface area contributed by atoms with E-state index in [4.69, 9.17) is 5.26 Å². The first kappa shape index (κ1) is 19.0. The van der Waals surface area contributed by atoms with Gasteiger partial charge in [-0.3, -0.25) is 9.36 Å². The Labute approximate surface area is 157 Å². The van der Waals surface area contributed by atoms with E-state index in [1.807, 2.05) is 6.07 Å². The van der Waals surface area contributed by atoms with Crippen molar-refractivity contribution in [2.24, 2.45) is 0 Å². The molecule has 1 amide bonds. The number of rotatable bonds is 5. The first-order valence-corrected chi connectivity index (χ1v) is 10.1. The molecule has 0 saturated carbocycles. The molecular weight excluding hydrogens is 368 g/mol. The van der Waals surface area contributed by atoms with Crippen LogP contribution in [0, 0.1) is 11.3 Å². The molecule has 1 aromatic heterocycles. The van der Waals surface area contributed by atoms with Crippen LogP contribution in [0.2, 0.25) is 0 Å². The van der Waals surface area contributed by atoms with Crippen LogP contribution < -0.4 is 5.32 Å². The van der Waals surface area contributed by atoms with Crippen LogP contribution in [0.3, 0.4) is 0 Å². The molecule has 10 heteroatoms. The molecule has 1 N–H and O–H groups in total. The second-order valence-corrected chi connectivity index (χ2v) is 8.22. The van der Waals surface area contributed by atoms with Gasteiger partial charge in [-0.05, 0) is 37.1 Å². The van der Waals surface area contributed by atoms with Gasteiger partial charge in [-0.2, -0.15) is 9.57 Å². The van der Waals surface area contributed by atoms with Crippen LogP contribution >= 0.6 is 0 Å². The van der Waals surface area contributed by atoms with Crippen molar-refractivity contribution in [3.63, 3.8) is 0 Å². The summed E-state index contributed by atoms with van der Waals surface area (Å²) in [5.74, 6) is -0.321. The van der Waals surface area contributed by atoms with Crippen molar-refractivity contribution in [2.45, 2.75) is 37.1 Å². The van der Waals surface area contributed by atoms with Gasteiger partial charge in [0.2, 0.25) is 21.8 Å². The number of sulfonamides is 1. The summed E-state index contributed by atoms with van der Waals surface area (Å²) < 4.78 is 28.4. The average molecular weight is 388 g/mol. The van der Waals surface area contributed by atoms with E-state index in [-0.39, 0.29) is 23.2 Å². The number of hydrogen-bond acceptors (Lipinski definition) is 6. The van der Waals surface area contributed by atoms with Crippen molar-refractivity contribution in [3.8, 4) is 6.07 Å². The number of nitriles is 1. The van der Waals surface area contributed by atoms with E-state index in [9.17, 15) is 13.2 Å². The molecule has 1 aliphatic heterocycles. The first-order chi connectivity index (χ1) is 13.0. The van der Waals surface area contributed by atoms with E-state index in [0.29, 0.717) is 18.8 Å². The monoisotopic (exact) mass is 388 g/mol. The van der Waals surface area contributed by atoms with Crippen molar-refractivity contribution < 1.29 is 13.2 Å². The second-order valence-electron chi connectivity index (χ2n) is 6.29. The zero-order valence-electron chi connectivity index (χ0n) is 14.7. The minimum Gasteiger partial charge on any atom is -0.325 e. The number of carbonyl (C=O) groups excluding carboxylic acids is 1. The summed E-state index contributed by atoms with van der Waals surface area (Å²) in [5, 5.41) is 18.7. The Balaban J connectivity index is 1.66. The molecule has 0 atom stereocenters. The largest absolute Gasteiger partial charge is 0.325 e. The van der Waals surface area contributed by atoms with Crippen molar-refractivity contribution in [2.75, 3.05) is 18.4 Å². The van der Waals surface area contributed by atoms with Crippen LogP contribution in [0.1, 0.15) is 31.5 Å². The maximum Gasteiger partial charge on any atom is 0.244 e. The van der Waals surface area contributed by atoms with Gasteiger partial charge in [0.15, 0.2) is 0 Å². The zero-order chi connectivity index (χ0) is 19.3. The number of benzene rings is 1. The molecule has 0 unspecified atom stereocenters. The van der Waals surface area contributed by atoms with E-state index >= 15 is 0 Å². The minimum absolute atomic E-state index is 0.0454. The van der Waals surface area contributed by atoms with Gasteiger partial charge in [-0.1, -0.05) is 12.8 Å². The van der Waals surface area contributed by atoms with E-state index in [2.05, 4.69) is 15.5 Å². The molecule has 3 rings (SSSR count). The highest BCUT2D eigenvalue weighted by atomic mass is 32.2. The number of nitrogens with zero attached hydrogens (tertiary/aromatic N) is 5. The van der Waals surface area contributed by atoms with Gasteiger partial charge in [0.05, 0.1) is 4.90 Å². The lowest BCUT2D eigenvalue weighted by molar-refractivity contribution is -0.116. The molecule has 1 saturated heterocycles. The molecule has 2 aromatic rings. The molecule has 0 aliphatic carbocycles. The molecule has 27 heavy (non-hydrogen) atoms. The maximum atomic E-state index is 12.7. The highest BCUT2D eigenvalue weighted by molar-refractivity contribution is 7.89. The SMILES string of the molecule is N#Cc1nncn1CC(=O)Nc1ccc(S(=O)(=O)N2CCCCCC2)cc1. The summed E-state index contributed by atoms with van der Waals surface area (Å²) in [6, 6.07) is 7.94. The Morgan fingerprint density at radius 3 is 2.44 bits per heavy atom. The third kappa shape index (κ3) is 4.50. The number of carbonyl (C=O) groups is 1. The zero-order valence-corrected chi connectivity index (χ0v) is 15.5. The Hall–Kier alpha value is -2.77. The summed E-state index contributed by atoms with van der Waals surface area (Å²) in [5.41, 5.74) is 0.474. The molecule has 0 spiro atoms. The van der Waals surface area contributed by atoms with Crippen LogP contribution in [0.4, 0.5) is 5.69 Å². The van der Waals surface area contributed by atoms with Crippen molar-refractivity contribution in [1.82, 2.24) is 19.1 Å². The molecule has 0 bridgehead atoms. The molecule has 9 nitrogen and oxygen atoms in total. The Kier molecular flexibility index (Phi) is 5.83. The summed E-state index contributed by atoms with van der Waals surface area (Å²) in [6.07, 6.45) is 5.16. The summed E-state index contributed by atoms with van der Waals surface area (Å²) in [4.78, 5) is 12.3. The first-order valence-electron chi connectivity index (χ1n) is 8.68. The van der Waals surface area contributed by atoms with Crippen LogP contribution in [0.5, 0.6) is 0 Å². The number of amides is 1. The van der Waals surface area contributed by atoms with Crippen LogP contribution in [0.15, 0.2) is 35.5 Å². The minimum atomic E-state index is -3.52. The molecule has 0 radical (unpaired) electrons. The average Bonchev–Trinajstić information content (AvgIpc) is 2.91.